The van der Waals surface area contributed by atoms with E-state index in [0.717, 1.165) is 24.3 Å². The number of nitrogens with one attached hydrogen (secondary N) is 1. The SMILES string of the molecule is O=S(=O)(Cc1ccc(C(F)(F)F)cc1)NCC(O)(c1ccoc1)c1cccs1. The predicted octanol–water partition coefficient (Wildman–Crippen LogP) is 3.72. The Morgan fingerprint density at radius 2 is 1.79 bits per heavy atom. The minimum atomic E-state index is -4.49. The van der Waals surface area contributed by atoms with Gasteiger partial charge in [0, 0.05) is 17.0 Å². The minimum Gasteiger partial charge on any atom is -0.472 e. The first-order chi connectivity index (χ1) is 13.1. The van der Waals surface area contributed by atoms with Gasteiger partial charge in [-0.05, 0) is 35.2 Å². The third-order valence-electron chi connectivity index (χ3n) is 4.11. The summed E-state index contributed by atoms with van der Waals surface area (Å²) in [6, 6.07) is 8.82. The van der Waals surface area contributed by atoms with Crippen LogP contribution in [0.3, 0.4) is 0 Å². The van der Waals surface area contributed by atoms with E-state index in [0.29, 0.717) is 10.4 Å². The molecule has 3 aromatic rings. The Morgan fingerprint density at radius 1 is 1.07 bits per heavy atom. The van der Waals surface area contributed by atoms with Crippen LogP contribution in [0.15, 0.2) is 64.8 Å². The largest absolute Gasteiger partial charge is 0.472 e. The molecule has 0 saturated heterocycles. The number of hydrogen-bond donors (Lipinski definition) is 2. The molecule has 0 aliphatic heterocycles. The van der Waals surface area contributed by atoms with Crippen LogP contribution >= 0.6 is 11.3 Å². The Bertz CT molecular complexity index is 962. The normalized spacial score (nSPS) is 14.7. The molecule has 0 aliphatic carbocycles. The summed E-state index contributed by atoms with van der Waals surface area (Å²) in [7, 11) is -3.92. The van der Waals surface area contributed by atoms with Crippen LogP contribution in [0.25, 0.3) is 0 Å². The molecule has 150 valence electrons. The molecule has 0 saturated carbocycles. The second-order valence-electron chi connectivity index (χ2n) is 6.12. The number of aliphatic hydroxyl groups is 1. The first kappa shape index (κ1) is 20.6. The van der Waals surface area contributed by atoms with Gasteiger partial charge in [-0.2, -0.15) is 13.2 Å². The Hall–Kier alpha value is -2.14. The lowest BCUT2D eigenvalue weighted by Crippen LogP contribution is -2.41. The fraction of sp³-hybridized carbons (Fsp3) is 0.222. The Labute approximate surface area is 163 Å². The van der Waals surface area contributed by atoms with Gasteiger partial charge in [0.05, 0.1) is 23.8 Å². The number of sulfonamides is 1. The Kier molecular flexibility index (Phi) is 5.67. The molecule has 0 bridgehead atoms. The second kappa shape index (κ2) is 7.70. The van der Waals surface area contributed by atoms with Gasteiger partial charge in [-0.25, -0.2) is 13.1 Å². The average Bonchev–Trinajstić information content (AvgIpc) is 3.33. The Balaban J connectivity index is 1.74. The van der Waals surface area contributed by atoms with Gasteiger partial charge >= 0.3 is 6.18 Å². The maximum atomic E-state index is 12.6. The number of alkyl halides is 3. The van der Waals surface area contributed by atoms with Crippen LogP contribution in [0.5, 0.6) is 0 Å². The number of halogens is 3. The van der Waals surface area contributed by atoms with Gasteiger partial charge in [0.25, 0.3) is 0 Å². The summed E-state index contributed by atoms with van der Waals surface area (Å²) in [4.78, 5) is 0.520. The molecule has 1 atom stereocenters. The molecule has 10 heteroatoms. The molecule has 0 spiro atoms. The number of benzene rings is 1. The summed E-state index contributed by atoms with van der Waals surface area (Å²) in [6.45, 7) is -0.351. The van der Waals surface area contributed by atoms with E-state index in [9.17, 15) is 26.7 Å². The predicted molar refractivity (Wildman–Crippen MR) is 98.1 cm³/mol. The van der Waals surface area contributed by atoms with E-state index in [-0.39, 0.29) is 12.1 Å². The van der Waals surface area contributed by atoms with Crippen molar-refractivity contribution >= 4 is 21.4 Å². The van der Waals surface area contributed by atoms with Crippen molar-refractivity contribution in [2.45, 2.75) is 17.5 Å². The molecule has 2 aromatic heterocycles. The van der Waals surface area contributed by atoms with E-state index in [2.05, 4.69) is 4.72 Å². The van der Waals surface area contributed by atoms with Crippen LogP contribution < -0.4 is 4.72 Å². The zero-order chi connectivity index (χ0) is 20.4. The van der Waals surface area contributed by atoms with Crippen molar-refractivity contribution < 1.29 is 31.1 Å². The first-order valence-corrected chi connectivity index (χ1v) is 10.6. The lowest BCUT2D eigenvalue weighted by molar-refractivity contribution is -0.137. The molecule has 5 nitrogen and oxygen atoms in total. The van der Waals surface area contributed by atoms with Gasteiger partial charge in [-0.1, -0.05) is 18.2 Å². The third-order valence-corrected chi connectivity index (χ3v) is 6.43. The van der Waals surface area contributed by atoms with Gasteiger partial charge in [0.2, 0.25) is 10.0 Å². The van der Waals surface area contributed by atoms with Crippen LogP contribution in [-0.4, -0.2) is 20.1 Å². The van der Waals surface area contributed by atoms with Crippen LogP contribution in [-0.2, 0) is 27.6 Å². The average molecular weight is 431 g/mol. The molecule has 1 aromatic carbocycles. The molecule has 0 amide bonds. The summed E-state index contributed by atoms with van der Waals surface area (Å²) in [6.07, 6.45) is -1.80. The van der Waals surface area contributed by atoms with Crippen molar-refractivity contribution in [1.29, 1.82) is 0 Å². The summed E-state index contributed by atoms with van der Waals surface area (Å²) in [5.41, 5.74) is -1.90. The number of thiophene rings is 1. The highest BCUT2D eigenvalue weighted by Crippen LogP contribution is 2.33. The van der Waals surface area contributed by atoms with E-state index < -0.39 is 33.1 Å². The number of hydrogen-bond acceptors (Lipinski definition) is 5. The monoisotopic (exact) mass is 431 g/mol. The summed E-state index contributed by atoms with van der Waals surface area (Å²) >= 11 is 1.25. The lowest BCUT2D eigenvalue weighted by Gasteiger charge is -2.26. The molecule has 3 rings (SSSR count). The third kappa shape index (κ3) is 4.64. The fourth-order valence-electron chi connectivity index (χ4n) is 2.62. The van der Waals surface area contributed by atoms with E-state index in [1.54, 1.807) is 17.5 Å². The van der Waals surface area contributed by atoms with Gasteiger partial charge in [0.15, 0.2) is 0 Å². The van der Waals surface area contributed by atoms with Crippen LogP contribution in [0.4, 0.5) is 13.2 Å². The van der Waals surface area contributed by atoms with E-state index >= 15 is 0 Å². The number of rotatable bonds is 7. The molecule has 0 aliphatic rings. The van der Waals surface area contributed by atoms with Gasteiger partial charge in [0.1, 0.15) is 5.60 Å². The van der Waals surface area contributed by atoms with Crippen molar-refractivity contribution in [2.75, 3.05) is 6.54 Å². The highest BCUT2D eigenvalue weighted by atomic mass is 32.2. The fourth-order valence-corrected chi connectivity index (χ4v) is 4.63. The molecule has 2 heterocycles. The van der Waals surface area contributed by atoms with Gasteiger partial charge < -0.3 is 9.52 Å². The van der Waals surface area contributed by atoms with Crippen molar-refractivity contribution in [3.63, 3.8) is 0 Å². The molecule has 0 fully saturated rings. The highest BCUT2D eigenvalue weighted by molar-refractivity contribution is 7.88. The Morgan fingerprint density at radius 3 is 2.32 bits per heavy atom. The van der Waals surface area contributed by atoms with Gasteiger partial charge in [-0.15, -0.1) is 11.3 Å². The highest BCUT2D eigenvalue weighted by Gasteiger charge is 2.35. The van der Waals surface area contributed by atoms with Crippen LogP contribution in [0.1, 0.15) is 21.6 Å². The molecular formula is C18H16F3NO4S2. The van der Waals surface area contributed by atoms with Crippen molar-refractivity contribution in [2.24, 2.45) is 0 Å². The van der Waals surface area contributed by atoms with E-state index in [1.165, 1.54) is 29.9 Å². The molecule has 1 unspecified atom stereocenters. The zero-order valence-electron chi connectivity index (χ0n) is 14.3. The van der Waals surface area contributed by atoms with Crippen molar-refractivity contribution in [3.8, 4) is 0 Å². The maximum Gasteiger partial charge on any atom is 0.416 e. The van der Waals surface area contributed by atoms with Gasteiger partial charge in [-0.3, -0.25) is 0 Å². The molecule has 0 radical (unpaired) electrons. The standard InChI is InChI=1S/C18H16F3NO4S2/c19-18(20,21)14-5-3-13(4-6-14)11-28(24,25)22-12-17(23,15-7-8-26-10-15)16-2-1-9-27-16/h1-10,22-23H,11-12H2. The number of furan rings is 1. The smallest absolute Gasteiger partial charge is 0.416 e. The summed E-state index contributed by atoms with van der Waals surface area (Å²) < 4.78 is 70.0. The summed E-state index contributed by atoms with van der Waals surface area (Å²) in [5.74, 6) is -0.517. The summed E-state index contributed by atoms with van der Waals surface area (Å²) in [5, 5.41) is 12.8. The molecule has 2 N–H and O–H groups in total. The topological polar surface area (TPSA) is 79.5 Å². The molecule has 28 heavy (non-hydrogen) atoms. The van der Waals surface area contributed by atoms with Crippen molar-refractivity contribution in [3.05, 3.63) is 81.9 Å². The van der Waals surface area contributed by atoms with Crippen LogP contribution in [0.2, 0.25) is 0 Å². The maximum absolute atomic E-state index is 12.6. The molecular weight excluding hydrogens is 415 g/mol. The van der Waals surface area contributed by atoms with Crippen molar-refractivity contribution in [1.82, 2.24) is 4.72 Å². The van der Waals surface area contributed by atoms with Crippen LogP contribution in [0, 0.1) is 0 Å². The minimum absolute atomic E-state index is 0.198. The second-order valence-corrected chi connectivity index (χ2v) is 8.88. The van der Waals surface area contributed by atoms with E-state index in [1.807, 2.05) is 0 Å². The first-order valence-electron chi connectivity index (χ1n) is 8.03. The lowest BCUT2D eigenvalue weighted by atomic mass is 9.95. The van der Waals surface area contributed by atoms with E-state index in [4.69, 9.17) is 4.42 Å². The quantitative estimate of drug-likeness (QED) is 0.598. The zero-order valence-corrected chi connectivity index (χ0v) is 15.9.